The quantitative estimate of drug-likeness (QED) is 0.890. The summed E-state index contributed by atoms with van der Waals surface area (Å²) in [7, 11) is 0. The highest BCUT2D eigenvalue weighted by molar-refractivity contribution is 9.10. The van der Waals surface area contributed by atoms with Gasteiger partial charge in [-0.15, -0.1) is 0 Å². The van der Waals surface area contributed by atoms with E-state index in [1.54, 1.807) is 11.3 Å². The van der Waals surface area contributed by atoms with Crippen LogP contribution in [0.2, 0.25) is 5.02 Å². The zero-order valence-electron chi connectivity index (χ0n) is 9.20. The van der Waals surface area contributed by atoms with E-state index in [1.165, 1.54) is 5.56 Å². The van der Waals surface area contributed by atoms with E-state index in [9.17, 15) is 0 Å². The lowest BCUT2D eigenvalue weighted by atomic mass is 10.0. The third-order valence-corrected chi connectivity index (χ3v) is 4.15. The second kappa shape index (κ2) is 6.01. The van der Waals surface area contributed by atoms with Gasteiger partial charge in [0.2, 0.25) is 0 Å². The molecule has 1 atom stereocenters. The topological polar surface area (TPSA) is 26.0 Å². The molecule has 0 aliphatic rings. The minimum absolute atomic E-state index is 0.114. The van der Waals surface area contributed by atoms with Crippen LogP contribution in [0.15, 0.2) is 39.5 Å². The van der Waals surface area contributed by atoms with E-state index in [4.69, 9.17) is 17.3 Å². The molecule has 1 aromatic carbocycles. The van der Waals surface area contributed by atoms with E-state index in [0.29, 0.717) is 0 Å². The predicted octanol–water partition coefficient (Wildman–Crippen LogP) is 4.28. The van der Waals surface area contributed by atoms with E-state index in [-0.39, 0.29) is 6.04 Å². The van der Waals surface area contributed by atoms with Crippen LogP contribution in [0.5, 0.6) is 0 Å². The van der Waals surface area contributed by atoms with Gasteiger partial charge in [-0.2, -0.15) is 11.3 Å². The van der Waals surface area contributed by atoms with Crippen LogP contribution in [0.3, 0.4) is 0 Å². The van der Waals surface area contributed by atoms with Gasteiger partial charge in [0.1, 0.15) is 0 Å². The third-order valence-electron chi connectivity index (χ3n) is 2.58. The van der Waals surface area contributed by atoms with Gasteiger partial charge < -0.3 is 5.73 Å². The lowest BCUT2D eigenvalue weighted by Gasteiger charge is -2.12. The van der Waals surface area contributed by atoms with E-state index >= 15 is 0 Å². The number of rotatable bonds is 4. The first-order chi connectivity index (χ1) is 8.15. The molecule has 0 aliphatic heterocycles. The molecule has 0 saturated carbocycles. The van der Waals surface area contributed by atoms with Crippen molar-refractivity contribution in [2.75, 3.05) is 0 Å². The molecule has 1 unspecified atom stereocenters. The predicted molar refractivity (Wildman–Crippen MR) is 78.9 cm³/mol. The second-order valence-electron chi connectivity index (χ2n) is 4.04. The third kappa shape index (κ3) is 3.81. The van der Waals surface area contributed by atoms with Gasteiger partial charge in [-0.1, -0.05) is 33.6 Å². The highest BCUT2D eigenvalue weighted by Gasteiger charge is 2.08. The molecule has 2 rings (SSSR count). The van der Waals surface area contributed by atoms with Crippen LogP contribution in [0, 0.1) is 0 Å². The Morgan fingerprint density at radius 3 is 2.76 bits per heavy atom. The maximum absolute atomic E-state index is 6.17. The summed E-state index contributed by atoms with van der Waals surface area (Å²) in [6, 6.07) is 8.17. The first-order valence-electron chi connectivity index (χ1n) is 5.36. The van der Waals surface area contributed by atoms with Crippen LogP contribution in [0.4, 0.5) is 0 Å². The monoisotopic (exact) mass is 329 g/mol. The molecule has 0 saturated heterocycles. The van der Waals surface area contributed by atoms with E-state index < -0.39 is 0 Å². The summed E-state index contributed by atoms with van der Waals surface area (Å²) >= 11 is 11.3. The summed E-state index contributed by atoms with van der Waals surface area (Å²) in [4.78, 5) is 0. The minimum atomic E-state index is 0.114. The molecule has 2 aromatic rings. The fraction of sp³-hybridized carbons (Fsp3) is 0.231. The van der Waals surface area contributed by atoms with Crippen LogP contribution in [-0.2, 0) is 12.8 Å². The van der Waals surface area contributed by atoms with Gasteiger partial charge in [0.25, 0.3) is 0 Å². The van der Waals surface area contributed by atoms with Crippen LogP contribution in [0.1, 0.15) is 11.1 Å². The zero-order valence-corrected chi connectivity index (χ0v) is 12.4. The smallest absolute Gasteiger partial charge is 0.0449 e. The van der Waals surface area contributed by atoms with E-state index in [2.05, 4.69) is 32.8 Å². The summed E-state index contributed by atoms with van der Waals surface area (Å²) in [5.41, 5.74) is 8.55. The number of hydrogen-bond acceptors (Lipinski definition) is 2. The minimum Gasteiger partial charge on any atom is -0.327 e. The molecule has 2 N–H and O–H groups in total. The molecule has 0 spiro atoms. The van der Waals surface area contributed by atoms with Crippen LogP contribution >= 0.6 is 38.9 Å². The average molecular weight is 331 g/mol. The lowest BCUT2D eigenvalue weighted by molar-refractivity contribution is 0.666. The van der Waals surface area contributed by atoms with Crippen molar-refractivity contribution in [2.45, 2.75) is 18.9 Å². The van der Waals surface area contributed by atoms with Gasteiger partial charge in [-0.25, -0.2) is 0 Å². The number of thiophene rings is 1. The molecule has 4 heteroatoms. The maximum atomic E-state index is 6.17. The molecule has 1 aromatic heterocycles. The Labute approximate surface area is 119 Å². The Balaban J connectivity index is 2.00. The van der Waals surface area contributed by atoms with Crippen molar-refractivity contribution in [1.82, 2.24) is 0 Å². The summed E-state index contributed by atoms with van der Waals surface area (Å²) in [6.45, 7) is 0. The molecule has 0 amide bonds. The molecule has 0 radical (unpaired) electrons. The standard InChI is InChI=1S/C13H13BrClNS/c14-11-2-1-10(13(15)7-11)6-12(16)5-9-3-4-17-8-9/h1-4,7-8,12H,5-6,16H2. The van der Waals surface area contributed by atoms with Crippen molar-refractivity contribution in [2.24, 2.45) is 5.73 Å². The molecule has 0 fully saturated rings. The summed E-state index contributed by atoms with van der Waals surface area (Å²) in [5.74, 6) is 0. The SMILES string of the molecule is NC(Cc1ccsc1)Cc1ccc(Br)cc1Cl. The van der Waals surface area contributed by atoms with Gasteiger partial charge >= 0.3 is 0 Å². The first-order valence-corrected chi connectivity index (χ1v) is 7.47. The van der Waals surface area contributed by atoms with Crippen molar-refractivity contribution in [3.63, 3.8) is 0 Å². The number of halogens is 2. The van der Waals surface area contributed by atoms with E-state index in [0.717, 1.165) is 27.9 Å². The highest BCUT2D eigenvalue weighted by atomic mass is 79.9. The van der Waals surface area contributed by atoms with Crippen LogP contribution in [-0.4, -0.2) is 6.04 Å². The molecule has 0 aliphatic carbocycles. The van der Waals surface area contributed by atoms with Gasteiger partial charge in [-0.05, 0) is 52.9 Å². The Morgan fingerprint density at radius 2 is 2.12 bits per heavy atom. The number of nitrogens with two attached hydrogens (primary N) is 1. The van der Waals surface area contributed by atoms with Crippen molar-refractivity contribution in [3.8, 4) is 0 Å². The Morgan fingerprint density at radius 1 is 1.29 bits per heavy atom. The summed E-state index contributed by atoms with van der Waals surface area (Å²) < 4.78 is 0.998. The van der Waals surface area contributed by atoms with Crippen LogP contribution < -0.4 is 5.73 Å². The zero-order chi connectivity index (χ0) is 12.3. The summed E-state index contributed by atoms with van der Waals surface area (Å²) in [5, 5.41) is 5.00. The Bertz CT molecular complexity index is 484. The molecular formula is C13H13BrClNS. The van der Waals surface area contributed by atoms with Gasteiger partial charge in [-0.3, -0.25) is 0 Å². The van der Waals surface area contributed by atoms with Crippen LogP contribution in [0.25, 0.3) is 0 Å². The lowest BCUT2D eigenvalue weighted by Crippen LogP contribution is -2.25. The number of hydrogen-bond donors (Lipinski definition) is 1. The van der Waals surface area contributed by atoms with Gasteiger partial charge in [0.05, 0.1) is 0 Å². The maximum Gasteiger partial charge on any atom is 0.0449 e. The van der Waals surface area contributed by atoms with Crippen molar-refractivity contribution >= 4 is 38.9 Å². The molecule has 0 bridgehead atoms. The fourth-order valence-electron chi connectivity index (χ4n) is 1.75. The molecule has 1 nitrogen and oxygen atoms in total. The Kier molecular flexibility index (Phi) is 4.62. The van der Waals surface area contributed by atoms with Crippen molar-refractivity contribution in [3.05, 3.63) is 55.6 Å². The van der Waals surface area contributed by atoms with Crippen molar-refractivity contribution in [1.29, 1.82) is 0 Å². The molecule has 90 valence electrons. The normalized spacial score (nSPS) is 12.6. The molecule has 1 heterocycles. The number of benzene rings is 1. The van der Waals surface area contributed by atoms with E-state index in [1.807, 2.05) is 18.2 Å². The largest absolute Gasteiger partial charge is 0.327 e. The van der Waals surface area contributed by atoms with Crippen molar-refractivity contribution < 1.29 is 0 Å². The summed E-state index contributed by atoms with van der Waals surface area (Å²) in [6.07, 6.45) is 1.71. The first kappa shape index (κ1) is 13.1. The second-order valence-corrected chi connectivity index (χ2v) is 6.14. The highest BCUT2D eigenvalue weighted by Crippen LogP contribution is 2.22. The Hall–Kier alpha value is -0.350. The van der Waals surface area contributed by atoms with Gasteiger partial charge in [0.15, 0.2) is 0 Å². The molecular weight excluding hydrogens is 318 g/mol. The average Bonchev–Trinajstić information content (AvgIpc) is 2.75. The van der Waals surface area contributed by atoms with Gasteiger partial charge in [0, 0.05) is 15.5 Å². The molecule has 17 heavy (non-hydrogen) atoms. The fourth-order valence-corrected chi connectivity index (χ4v) is 3.19.